The lowest BCUT2D eigenvalue weighted by atomic mass is 9.66. The van der Waals surface area contributed by atoms with Gasteiger partial charge in [0.1, 0.15) is 5.15 Å². The number of aromatic nitrogens is 1. The molecule has 2 atom stereocenters. The Bertz CT molecular complexity index is 707. The second-order valence-corrected chi connectivity index (χ2v) is 5.27. The third kappa shape index (κ3) is 2.42. The molecule has 0 aromatic carbocycles. The molecule has 1 aromatic rings. The third-order valence-corrected chi connectivity index (χ3v) is 3.97. The van der Waals surface area contributed by atoms with Crippen LogP contribution in [0.3, 0.4) is 0 Å². The van der Waals surface area contributed by atoms with Crippen LogP contribution in [0, 0.1) is 11.3 Å². The van der Waals surface area contributed by atoms with Crippen LogP contribution in [-0.4, -0.2) is 32.9 Å². The fourth-order valence-corrected chi connectivity index (χ4v) is 2.58. The van der Waals surface area contributed by atoms with E-state index in [9.17, 15) is 24.6 Å². The number of Topliss-reactive ketones (excluding diaryl/α,β-unsaturated/α-hetero) is 1. The molecule has 1 heterocycles. The standard InChI is InChI=1S/C15H12ClNO5/c1-8-10(13(19)20)3-2-6-15(8,14(21)22)12(18)9-4-5-11(16)17-7-9/h2-8H,1H3,(H,19,20)(H,21,22). The lowest BCUT2D eigenvalue weighted by Crippen LogP contribution is -2.46. The summed E-state index contributed by atoms with van der Waals surface area (Å²) in [5.41, 5.74) is -2.08. The summed E-state index contributed by atoms with van der Waals surface area (Å²) in [6.45, 7) is 1.40. The van der Waals surface area contributed by atoms with Gasteiger partial charge in [0.25, 0.3) is 0 Å². The van der Waals surface area contributed by atoms with Crippen molar-refractivity contribution in [3.63, 3.8) is 0 Å². The number of carbonyl (C=O) groups excluding carboxylic acids is 1. The van der Waals surface area contributed by atoms with Crippen LogP contribution in [0.25, 0.3) is 0 Å². The van der Waals surface area contributed by atoms with Gasteiger partial charge in [0.15, 0.2) is 11.2 Å². The van der Waals surface area contributed by atoms with Crippen molar-refractivity contribution < 1.29 is 24.6 Å². The molecule has 1 aromatic heterocycles. The van der Waals surface area contributed by atoms with E-state index in [1.807, 2.05) is 0 Å². The summed E-state index contributed by atoms with van der Waals surface area (Å²) in [5.74, 6) is -4.44. The fraction of sp³-hybridized carbons (Fsp3) is 0.200. The van der Waals surface area contributed by atoms with Crippen LogP contribution in [0.15, 0.2) is 42.1 Å². The summed E-state index contributed by atoms with van der Waals surface area (Å²) >= 11 is 5.65. The SMILES string of the molecule is CC1C(C(=O)O)=CC=CC1(C(=O)O)C(=O)c1ccc(Cl)nc1. The molecular formula is C15H12ClNO5. The van der Waals surface area contributed by atoms with E-state index in [0.717, 1.165) is 0 Å². The van der Waals surface area contributed by atoms with Crippen LogP contribution < -0.4 is 0 Å². The molecule has 0 spiro atoms. The predicted octanol–water partition coefficient (Wildman–Crippen LogP) is 2.21. The molecule has 7 heteroatoms. The molecule has 0 aliphatic heterocycles. The van der Waals surface area contributed by atoms with E-state index in [4.69, 9.17) is 11.6 Å². The minimum absolute atomic E-state index is 0.0509. The Kier molecular flexibility index (Phi) is 4.14. The van der Waals surface area contributed by atoms with Crippen molar-refractivity contribution in [2.24, 2.45) is 11.3 Å². The van der Waals surface area contributed by atoms with Crippen LogP contribution >= 0.6 is 11.6 Å². The zero-order chi connectivity index (χ0) is 16.5. The van der Waals surface area contributed by atoms with Crippen molar-refractivity contribution >= 4 is 29.3 Å². The van der Waals surface area contributed by atoms with Crippen molar-refractivity contribution in [2.45, 2.75) is 6.92 Å². The van der Waals surface area contributed by atoms with Crippen LogP contribution in [-0.2, 0) is 9.59 Å². The maximum Gasteiger partial charge on any atom is 0.331 e. The number of hydrogen-bond donors (Lipinski definition) is 2. The molecule has 1 aliphatic carbocycles. The Morgan fingerprint density at radius 3 is 2.45 bits per heavy atom. The predicted molar refractivity (Wildman–Crippen MR) is 77.7 cm³/mol. The number of carboxylic acids is 2. The second-order valence-electron chi connectivity index (χ2n) is 4.88. The topological polar surface area (TPSA) is 105 Å². The molecule has 0 saturated heterocycles. The molecule has 22 heavy (non-hydrogen) atoms. The number of carboxylic acid groups (broad SMARTS) is 2. The maximum atomic E-state index is 12.7. The lowest BCUT2D eigenvalue weighted by molar-refractivity contribution is -0.145. The quantitative estimate of drug-likeness (QED) is 0.500. The number of pyridine rings is 1. The average Bonchev–Trinajstić information content (AvgIpc) is 2.47. The van der Waals surface area contributed by atoms with Crippen molar-refractivity contribution in [3.05, 3.63) is 52.8 Å². The van der Waals surface area contributed by atoms with Gasteiger partial charge in [-0.25, -0.2) is 9.78 Å². The molecule has 0 amide bonds. The number of allylic oxidation sites excluding steroid dienone is 2. The van der Waals surface area contributed by atoms with Crippen LogP contribution in [0.2, 0.25) is 5.15 Å². The van der Waals surface area contributed by atoms with Gasteiger partial charge in [0.2, 0.25) is 0 Å². The highest BCUT2D eigenvalue weighted by Crippen LogP contribution is 2.41. The average molecular weight is 322 g/mol. The van der Waals surface area contributed by atoms with Gasteiger partial charge in [-0.1, -0.05) is 36.8 Å². The van der Waals surface area contributed by atoms with Crippen LogP contribution in [0.5, 0.6) is 0 Å². The minimum Gasteiger partial charge on any atom is -0.480 e. The Hall–Kier alpha value is -2.47. The van der Waals surface area contributed by atoms with E-state index in [0.29, 0.717) is 0 Å². The van der Waals surface area contributed by atoms with Crippen molar-refractivity contribution in [2.75, 3.05) is 0 Å². The van der Waals surface area contributed by atoms with Gasteiger partial charge in [-0.05, 0) is 12.1 Å². The first-order valence-corrected chi connectivity index (χ1v) is 6.71. The second kappa shape index (κ2) is 5.73. The fourth-order valence-electron chi connectivity index (χ4n) is 2.47. The van der Waals surface area contributed by atoms with E-state index in [-0.39, 0.29) is 16.3 Å². The summed E-state index contributed by atoms with van der Waals surface area (Å²) < 4.78 is 0. The van der Waals surface area contributed by atoms with Crippen LogP contribution in [0.4, 0.5) is 0 Å². The van der Waals surface area contributed by atoms with E-state index < -0.39 is 29.1 Å². The number of hydrogen-bond acceptors (Lipinski definition) is 4. The van der Waals surface area contributed by atoms with Gasteiger partial charge in [0, 0.05) is 23.3 Å². The summed E-state index contributed by atoms with van der Waals surface area (Å²) in [6.07, 6.45) is 4.96. The molecule has 0 bridgehead atoms. The van der Waals surface area contributed by atoms with E-state index in [1.54, 1.807) is 0 Å². The molecule has 6 nitrogen and oxygen atoms in total. The molecular weight excluding hydrogens is 310 g/mol. The molecule has 114 valence electrons. The molecule has 0 saturated carbocycles. The molecule has 2 rings (SSSR count). The smallest absolute Gasteiger partial charge is 0.331 e. The Labute approximate surface area is 130 Å². The largest absolute Gasteiger partial charge is 0.480 e. The van der Waals surface area contributed by atoms with Gasteiger partial charge in [0.05, 0.1) is 0 Å². The zero-order valence-corrected chi connectivity index (χ0v) is 12.2. The zero-order valence-electron chi connectivity index (χ0n) is 11.5. The summed E-state index contributed by atoms with van der Waals surface area (Å²) in [7, 11) is 0. The lowest BCUT2D eigenvalue weighted by Gasteiger charge is -2.33. The number of aliphatic carboxylic acids is 2. The number of rotatable bonds is 4. The molecule has 1 aliphatic rings. The molecule has 2 unspecified atom stereocenters. The maximum absolute atomic E-state index is 12.7. The first-order valence-electron chi connectivity index (χ1n) is 6.33. The monoisotopic (exact) mass is 321 g/mol. The minimum atomic E-state index is -1.99. The van der Waals surface area contributed by atoms with Crippen molar-refractivity contribution in [1.29, 1.82) is 0 Å². The van der Waals surface area contributed by atoms with Crippen LogP contribution in [0.1, 0.15) is 17.3 Å². The van der Waals surface area contributed by atoms with Gasteiger partial charge in [-0.3, -0.25) is 9.59 Å². The number of carbonyl (C=O) groups is 3. The van der Waals surface area contributed by atoms with Gasteiger partial charge < -0.3 is 10.2 Å². The summed E-state index contributed by atoms with van der Waals surface area (Å²) in [6, 6.07) is 2.73. The van der Waals surface area contributed by atoms with Gasteiger partial charge >= 0.3 is 11.9 Å². The Morgan fingerprint density at radius 2 is 1.95 bits per heavy atom. The summed E-state index contributed by atoms with van der Waals surface area (Å²) in [4.78, 5) is 39.5. The summed E-state index contributed by atoms with van der Waals surface area (Å²) in [5, 5.41) is 18.9. The first-order chi connectivity index (χ1) is 10.3. The highest BCUT2D eigenvalue weighted by molar-refractivity contribution is 6.29. The molecule has 0 radical (unpaired) electrons. The highest BCUT2D eigenvalue weighted by Gasteiger charge is 2.52. The molecule has 2 N–H and O–H groups in total. The normalized spacial score (nSPS) is 23.7. The third-order valence-electron chi connectivity index (χ3n) is 3.75. The Morgan fingerprint density at radius 1 is 1.27 bits per heavy atom. The first kappa shape index (κ1) is 15.9. The van der Waals surface area contributed by atoms with E-state index in [1.165, 1.54) is 43.5 Å². The highest BCUT2D eigenvalue weighted by atomic mass is 35.5. The molecule has 0 fully saturated rings. The number of halogens is 1. The van der Waals surface area contributed by atoms with E-state index in [2.05, 4.69) is 4.98 Å². The van der Waals surface area contributed by atoms with Crippen molar-refractivity contribution in [3.8, 4) is 0 Å². The number of ketones is 1. The van der Waals surface area contributed by atoms with Gasteiger partial charge in [-0.2, -0.15) is 0 Å². The Balaban J connectivity index is 2.55. The van der Waals surface area contributed by atoms with E-state index >= 15 is 0 Å². The van der Waals surface area contributed by atoms with Crippen molar-refractivity contribution in [1.82, 2.24) is 4.98 Å². The number of nitrogens with zero attached hydrogens (tertiary/aromatic N) is 1. The van der Waals surface area contributed by atoms with Gasteiger partial charge in [-0.15, -0.1) is 0 Å².